The smallest absolute Gasteiger partial charge is 0.0717 e. The van der Waals surface area contributed by atoms with Gasteiger partial charge in [0.15, 0.2) is 0 Å². The Kier molecular flexibility index (Phi) is 5.31. The van der Waals surface area contributed by atoms with E-state index in [4.69, 9.17) is 4.74 Å². The van der Waals surface area contributed by atoms with Gasteiger partial charge in [-0.15, -0.1) is 0 Å². The summed E-state index contributed by atoms with van der Waals surface area (Å²) in [5, 5.41) is 0. The first kappa shape index (κ1) is 11.3. The highest BCUT2D eigenvalue weighted by molar-refractivity contribution is 5.21. The molecule has 0 atom stereocenters. The van der Waals surface area contributed by atoms with E-state index in [0.717, 1.165) is 6.61 Å². The van der Waals surface area contributed by atoms with E-state index in [0.29, 0.717) is 6.10 Å². The number of ether oxygens (including phenoxy) is 1. The van der Waals surface area contributed by atoms with Crippen LogP contribution in [0.3, 0.4) is 0 Å². The Morgan fingerprint density at radius 1 is 1.43 bits per heavy atom. The van der Waals surface area contributed by atoms with Crippen molar-refractivity contribution in [2.24, 2.45) is 0 Å². The fraction of sp³-hybridized carbons (Fsp3) is 0.538. The van der Waals surface area contributed by atoms with Gasteiger partial charge in [0.25, 0.3) is 0 Å². The summed E-state index contributed by atoms with van der Waals surface area (Å²) in [6, 6.07) is 0. The zero-order valence-corrected chi connectivity index (χ0v) is 9.04. The molecule has 14 heavy (non-hydrogen) atoms. The highest BCUT2D eigenvalue weighted by atomic mass is 16.5. The van der Waals surface area contributed by atoms with Crippen LogP contribution < -0.4 is 0 Å². The molecule has 1 fully saturated rings. The molecule has 1 heteroatoms. The summed E-state index contributed by atoms with van der Waals surface area (Å²) in [6.07, 6.45) is 13.5. The monoisotopic (exact) mass is 192 g/mol. The molecule has 0 heterocycles. The molecule has 0 bridgehead atoms. The topological polar surface area (TPSA) is 9.23 Å². The molecule has 0 aromatic carbocycles. The van der Waals surface area contributed by atoms with Gasteiger partial charge in [0, 0.05) is 0 Å². The maximum absolute atomic E-state index is 5.80. The van der Waals surface area contributed by atoms with Crippen LogP contribution in [-0.4, -0.2) is 12.7 Å². The summed E-state index contributed by atoms with van der Waals surface area (Å²) in [5.74, 6) is 0. The van der Waals surface area contributed by atoms with Crippen LogP contribution in [0.4, 0.5) is 0 Å². The number of rotatable bonds is 5. The molecule has 1 saturated carbocycles. The van der Waals surface area contributed by atoms with Crippen molar-refractivity contribution in [2.45, 2.75) is 38.7 Å². The second-order valence-corrected chi connectivity index (χ2v) is 3.68. The minimum Gasteiger partial charge on any atom is -0.374 e. The van der Waals surface area contributed by atoms with E-state index in [1.54, 1.807) is 6.08 Å². The van der Waals surface area contributed by atoms with Crippen LogP contribution in [0.2, 0.25) is 0 Å². The quantitative estimate of drug-likeness (QED) is 0.604. The first-order valence-corrected chi connectivity index (χ1v) is 5.42. The van der Waals surface area contributed by atoms with E-state index in [1.165, 1.54) is 31.3 Å². The predicted octanol–water partition coefficient (Wildman–Crippen LogP) is 3.63. The van der Waals surface area contributed by atoms with Gasteiger partial charge >= 0.3 is 0 Å². The zero-order chi connectivity index (χ0) is 10.2. The molecule has 1 nitrogen and oxygen atoms in total. The van der Waals surface area contributed by atoms with Crippen LogP contribution in [0.1, 0.15) is 32.6 Å². The molecule has 0 amide bonds. The van der Waals surface area contributed by atoms with Crippen molar-refractivity contribution in [3.63, 3.8) is 0 Å². The molecular weight excluding hydrogens is 172 g/mol. The average molecular weight is 192 g/mol. The van der Waals surface area contributed by atoms with Gasteiger partial charge in [0.1, 0.15) is 0 Å². The fourth-order valence-corrected chi connectivity index (χ4v) is 1.69. The average Bonchev–Trinajstić information content (AvgIpc) is 2.71. The van der Waals surface area contributed by atoms with E-state index in [2.05, 4.69) is 18.7 Å². The van der Waals surface area contributed by atoms with E-state index in [9.17, 15) is 0 Å². The Hall–Kier alpha value is -0.820. The Labute approximate surface area is 87.2 Å². The number of hydrogen-bond acceptors (Lipinski definition) is 1. The molecule has 1 rings (SSSR count). The summed E-state index contributed by atoms with van der Waals surface area (Å²) in [5.41, 5.74) is 1.23. The maximum Gasteiger partial charge on any atom is 0.0717 e. The molecule has 0 aliphatic heterocycles. The van der Waals surface area contributed by atoms with Crippen LogP contribution in [-0.2, 0) is 4.74 Å². The molecule has 0 unspecified atom stereocenters. The number of hydrogen-bond donors (Lipinski definition) is 0. The molecule has 0 spiro atoms. The third-order valence-electron chi connectivity index (χ3n) is 2.61. The third kappa shape index (κ3) is 3.93. The van der Waals surface area contributed by atoms with Crippen molar-refractivity contribution >= 4 is 0 Å². The lowest BCUT2D eigenvalue weighted by molar-refractivity contribution is 0.0766. The molecule has 0 aromatic heterocycles. The van der Waals surface area contributed by atoms with E-state index >= 15 is 0 Å². The first-order chi connectivity index (χ1) is 6.86. The Bertz CT molecular complexity index is 219. The Morgan fingerprint density at radius 3 is 2.71 bits per heavy atom. The molecule has 0 saturated heterocycles. The van der Waals surface area contributed by atoms with Gasteiger partial charge in [0.05, 0.1) is 12.7 Å². The van der Waals surface area contributed by atoms with E-state index in [-0.39, 0.29) is 0 Å². The molecule has 78 valence electrons. The summed E-state index contributed by atoms with van der Waals surface area (Å²) >= 11 is 0. The number of allylic oxidation sites excluding steroid dienone is 3. The zero-order valence-electron chi connectivity index (χ0n) is 9.04. The largest absolute Gasteiger partial charge is 0.374 e. The molecule has 0 N–H and O–H groups in total. The molecule has 1 aliphatic rings. The van der Waals surface area contributed by atoms with Crippen molar-refractivity contribution in [2.75, 3.05) is 6.61 Å². The minimum absolute atomic E-state index is 0.502. The second-order valence-electron chi connectivity index (χ2n) is 3.68. The van der Waals surface area contributed by atoms with Gasteiger partial charge in [-0.25, -0.2) is 0 Å². The van der Waals surface area contributed by atoms with Crippen LogP contribution in [0, 0.1) is 0 Å². The van der Waals surface area contributed by atoms with Crippen molar-refractivity contribution in [3.05, 3.63) is 36.5 Å². The lowest BCUT2D eigenvalue weighted by Gasteiger charge is -2.11. The Balaban J connectivity index is 2.26. The first-order valence-electron chi connectivity index (χ1n) is 5.42. The summed E-state index contributed by atoms with van der Waals surface area (Å²) in [7, 11) is 0. The van der Waals surface area contributed by atoms with E-state index < -0.39 is 0 Å². The standard InChI is InChI=1S/C13H20O/c1-3-5-8-12(4-2)11-14-13-9-6-7-10-13/h3-5,8,13H,1,6-7,9-11H2,2H3/b8-5-,12-4+. The lowest BCUT2D eigenvalue weighted by atomic mass is 10.2. The Morgan fingerprint density at radius 2 is 2.14 bits per heavy atom. The molecule has 1 aliphatic carbocycles. The van der Waals surface area contributed by atoms with Crippen molar-refractivity contribution < 1.29 is 4.74 Å². The summed E-state index contributed by atoms with van der Waals surface area (Å²) in [6.45, 7) is 6.43. The summed E-state index contributed by atoms with van der Waals surface area (Å²) in [4.78, 5) is 0. The SMILES string of the molecule is C=C/C=C\C(=C/C)COC1CCCC1. The van der Waals surface area contributed by atoms with Crippen molar-refractivity contribution in [1.29, 1.82) is 0 Å². The van der Waals surface area contributed by atoms with Gasteiger partial charge in [-0.3, -0.25) is 0 Å². The molecular formula is C13H20O. The van der Waals surface area contributed by atoms with Crippen LogP contribution in [0.15, 0.2) is 36.5 Å². The van der Waals surface area contributed by atoms with Gasteiger partial charge < -0.3 is 4.74 Å². The van der Waals surface area contributed by atoms with Gasteiger partial charge in [-0.2, -0.15) is 0 Å². The highest BCUT2D eigenvalue weighted by Gasteiger charge is 2.14. The molecule has 0 radical (unpaired) electrons. The lowest BCUT2D eigenvalue weighted by Crippen LogP contribution is -2.09. The normalized spacial score (nSPS) is 19.4. The van der Waals surface area contributed by atoms with Crippen molar-refractivity contribution in [3.8, 4) is 0 Å². The predicted molar refractivity (Wildman–Crippen MR) is 61.3 cm³/mol. The fourth-order valence-electron chi connectivity index (χ4n) is 1.69. The molecule has 0 aromatic rings. The van der Waals surface area contributed by atoms with E-state index in [1.807, 2.05) is 13.0 Å². The van der Waals surface area contributed by atoms with Gasteiger partial charge in [0.2, 0.25) is 0 Å². The van der Waals surface area contributed by atoms with Crippen LogP contribution >= 0.6 is 0 Å². The highest BCUT2D eigenvalue weighted by Crippen LogP contribution is 2.21. The van der Waals surface area contributed by atoms with Gasteiger partial charge in [-0.1, -0.05) is 43.7 Å². The minimum atomic E-state index is 0.502. The van der Waals surface area contributed by atoms with Crippen LogP contribution in [0.5, 0.6) is 0 Å². The van der Waals surface area contributed by atoms with Gasteiger partial charge in [-0.05, 0) is 25.3 Å². The third-order valence-corrected chi connectivity index (χ3v) is 2.61. The van der Waals surface area contributed by atoms with Crippen LogP contribution in [0.25, 0.3) is 0 Å². The second kappa shape index (κ2) is 6.61. The van der Waals surface area contributed by atoms with Crippen molar-refractivity contribution in [1.82, 2.24) is 0 Å². The summed E-state index contributed by atoms with van der Waals surface area (Å²) < 4.78 is 5.80. The maximum atomic E-state index is 5.80.